The highest BCUT2D eigenvalue weighted by atomic mass is 16.2. The highest BCUT2D eigenvalue weighted by Crippen LogP contribution is 2.17. The highest BCUT2D eigenvalue weighted by Gasteiger charge is 2.21. The maximum atomic E-state index is 13.5. The molecule has 4 rings (SSSR count). The Morgan fingerprint density at radius 1 is 0.912 bits per heavy atom. The molecule has 0 aliphatic rings. The van der Waals surface area contributed by atoms with Crippen molar-refractivity contribution in [3.05, 3.63) is 92.4 Å². The number of aromatic nitrogens is 4. The van der Waals surface area contributed by atoms with Crippen molar-refractivity contribution in [2.24, 2.45) is 0 Å². The van der Waals surface area contributed by atoms with Crippen molar-refractivity contribution < 1.29 is 0 Å². The average Bonchev–Trinajstić information content (AvgIpc) is 3.19. The summed E-state index contributed by atoms with van der Waals surface area (Å²) < 4.78 is 4.96. The van der Waals surface area contributed by atoms with Gasteiger partial charge in [-0.3, -0.25) is 13.9 Å². The van der Waals surface area contributed by atoms with Gasteiger partial charge < -0.3 is 15.6 Å². The molecule has 0 aliphatic carbocycles. The number of benzene rings is 2. The molecule has 0 saturated carbocycles. The summed E-state index contributed by atoms with van der Waals surface area (Å²) in [6.45, 7) is 3.98. The van der Waals surface area contributed by atoms with Gasteiger partial charge in [0, 0.05) is 38.3 Å². The van der Waals surface area contributed by atoms with E-state index in [2.05, 4.69) is 5.32 Å². The van der Waals surface area contributed by atoms with Gasteiger partial charge in [-0.2, -0.15) is 0 Å². The minimum absolute atomic E-state index is 0.278. The number of fused-ring (bicyclic) bond motifs is 1. The van der Waals surface area contributed by atoms with E-state index in [0.717, 1.165) is 17.0 Å². The third-order valence-electron chi connectivity index (χ3n) is 6.09. The fraction of sp³-hybridized carbons (Fsp3) is 0.346. The van der Waals surface area contributed by atoms with Gasteiger partial charge in [-0.05, 0) is 37.1 Å². The maximum Gasteiger partial charge on any atom is 0.332 e. The molecule has 34 heavy (non-hydrogen) atoms. The number of nitrogens with one attached hydrogen (secondary N) is 1. The van der Waals surface area contributed by atoms with Gasteiger partial charge in [-0.25, -0.2) is 9.78 Å². The van der Waals surface area contributed by atoms with Gasteiger partial charge in [-0.1, -0.05) is 55.5 Å². The predicted octanol–water partition coefficient (Wildman–Crippen LogP) is 2.40. The number of rotatable bonds is 10. The summed E-state index contributed by atoms with van der Waals surface area (Å²) in [6.07, 6.45) is 1.84. The summed E-state index contributed by atoms with van der Waals surface area (Å²) in [5, 5.41) is 3.16. The van der Waals surface area contributed by atoms with Crippen molar-refractivity contribution in [3.63, 3.8) is 0 Å². The SMILES string of the molecule is CCCn1c(=O)c2c(nc(Cc3ccccc3)n2CCNC)n(CCc2ccccc2N)c1=O. The number of hydrogen-bond acceptors (Lipinski definition) is 5. The number of hydrogen-bond donors (Lipinski definition) is 2. The third kappa shape index (κ3) is 4.68. The predicted molar refractivity (Wildman–Crippen MR) is 136 cm³/mol. The second-order valence-corrected chi connectivity index (χ2v) is 8.46. The summed E-state index contributed by atoms with van der Waals surface area (Å²) in [5.41, 5.74) is 9.22. The summed E-state index contributed by atoms with van der Waals surface area (Å²) in [4.78, 5) is 31.8. The lowest BCUT2D eigenvalue weighted by Gasteiger charge is -2.13. The van der Waals surface area contributed by atoms with Gasteiger partial charge in [0.2, 0.25) is 0 Å². The normalized spacial score (nSPS) is 11.4. The maximum absolute atomic E-state index is 13.5. The Balaban J connectivity index is 1.89. The number of likely N-dealkylation sites (N-methyl/N-ethyl adjacent to an activating group) is 1. The van der Waals surface area contributed by atoms with Crippen LogP contribution in [0.3, 0.4) is 0 Å². The lowest BCUT2D eigenvalue weighted by Crippen LogP contribution is -2.41. The molecule has 0 unspecified atom stereocenters. The number of aryl methyl sites for hydroxylation is 2. The second kappa shape index (κ2) is 10.5. The van der Waals surface area contributed by atoms with Crippen LogP contribution in [0.1, 0.15) is 30.3 Å². The molecule has 0 spiro atoms. The zero-order valence-electron chi connectivity index (χ0n) is 19.8. The third-order valence-corrected chi connectivity index (χ3v) is 6.09. The number of nitrogen functional groups attached to an aromatic ring is 1. The monoisotopic (exact) mass is 460 g/mol. The lowest BCUT2D eigenvalue weighted by atomic mass is 10.1. The lowest BCUT2D eigenvalue weighted by molar-refractivity contribution is 0.556. The molecule has 0 saturated heterocycles. The Kier molecular flexibility index (Phi) is 7.27. The van der Waals surface area contributed by atoms with E-state index in [1.54, 1.807) is 4.57 Å². The Hall–Kier alpha value is -3.65. The van der Waals surface area contributed by atoms with Crippen LogP contribution in [0.4, 0.5) is 5.69 Å². The molecule has 178 valence electrons. The Labute approximate surface area is 198 Å². The number of para-hydroxylation sites is 1. The molecule has 2 aromatic carbocycles. The number of nitrogens with zero attached hydrogens (tertiary/aromatic N) is 4. The molecule has 3 N–H and O–H groups in total. The van der Waals surface area contributed by atoms with Gasteiger partial charge in [0.25, 0.3) is 5.56 Å². The largest absolute Gasteiger partial charge is 0.399 e. The smallest absolute Gasteiger partial charge is 0.332 e. The summed E-state index contributed by atoms with van der Waals surface area (Å²) in [7, 11) is 1.88. The fourth-order valence-electron chi connectivity index (χ4n) is 4.33. The van der Waals surface area contributed by atoms with Gasteiger partial charge in [0.1, 0.15) is 5.82 Å². The molecule has 0 radical (unpaired) electrons. The fourth-order valence-corrected chi connectivity index (χ4v) is 4.33. The van der Waals surface area contributed by atoms with E-state index in [4.69, 9.17) is 10.7 Å². The average molecular weight is 461 g/mol. The van der Waals surface area contributed by atoms with Crippen LogP contribution in [-0.4, -0.2) is 32.3 Å². The van der Waals surface area contributed by atoms with Gasteiger partial charge in [0.15, 0.2) is 11.2 Å². The van der Waals surface area contributed by atoms with Crippen LogP contribution in [0.2, 0.25) is 0 Å². The molecule has 2 heterocycles. The van der Waals surface area contributed by atoms with E-state index in [1.165, 1.54) is 4.57 Å². The number of nitrogens with two attached hydrogens (primary N) is 1. The van der Waals surface area contributed by atoms with Crippen LogP contribution >= 0.6 is 0 Å². The molecule has 0 fully saturated rings. The van der Waals surface area contributed by atoms with E-state index >= 15 is 0 Å². The second-order valence-electron chi connectivity index (χ2n) is 8.46. The first kappa shape index (κ1) is 23.5. The molecule has 0 amide bonds. The first-order chi connectivity index (χ1) is 16.5. The first-order valence-electron chi connectivity index (χ1n) is 11.8. The molecule has 0 aliphatic heterocycles. The molecular formula is C26H32N6O2. The van der Waals surface area contributed by atoms with Crippen LogP contribution in [-0.2, 0) is 32.5 Å². The first-order valence-corrected chi connectivity index (χ1v) is 11.8. The van der Waals surface area contributed by atoms with E-state index < -0.39 is 0 Å². The van der Waals surface area contributed by atoms with Crippen molar-refractivity contribution in [1.82, 2.24) is 24.0 Å². The zero-order valence-corrected chi connectivity index (χ0v) is 19.8. The van der Waals surface area contributed by atoms with E-state index in [1.807, 2.05) is 73.1 Å². The molecule has 8 heteroatoms. The van der Waals surface area contributed by atoms with Crippen molar-refractivity contribution in [1.29, 1.82) is 0 Å². The zero-order chi connectivity index (χ0) is 24.1. The van der Waals surface area contributed by atoms with Gasteiger partial charge in [0.05, 0.1) is 0 Å². The van der Waals surface area contributed by atoms with Crippen molar-refractivity contribution in [3.8, 4) is 0 Å². The Morgan fingerprint density at radius 2 is 1.65 bits per heavy atom. The molecule has 8 nitrogen and oxygen atoms in total. The molecular weight excluding hydrogens is 428 g/mol. The summed E-state index contributed by atoms with van der Waals surface area (Å²) in [6, 6.07) is 17.7. The van der Waals surface area contributed by atoms with Crippen LogP contribution in [0.15, 0.2) is 64.2 Å². The summed E-state index contributed by atoms with van der Waals surface area (Å²) in [5.74, 6) is 0.773. The topological polar surface area (TPSA) is 99.9 Å². The van der Waals surface area contributed by atoms with Gasteiger partial charge >= 0.3 is 5.69 Å². The van der Waals surface area contributed by atoms with Gasteiger partial charge in [-0.15, -0.1) is 0 Å². The summed E-state index contributed by atoms with van der Waals surface area (Å²) >= 11 is 0. The van der Waals surface area contributed by atoms with E-state index in [9.17, 15) is 9.59 Å². The standard InChI is InChI=1S/C26H32N6O2/c1-3-15-32-25(33)23-24(31(26(32)34)16-13-20-11-7-8-12-21(20)27)29-22(30(23)17-14-28-2)18-19-9-5-4-6-10-19/h4-12,28H,3,13-18,27H2,1-2H3. The van der Waals surface area contributed by atoms with E-state index in [0.29, 0.717) is 62.3 Å². The Bertz CT molecular complexity index is 1380. The Morgan fingerprint density at radius 3 is 2.35 bits per heavy atom. The minimum atomic E-state index is -0.321. The van der Waals surface area contributed by atoms with Crippen LogP contribution in [0.5, 0.6) is 0 Å². The molecule has 0 bridgehead atoms. The van der Waals surface area contributed by atoms with Crippen LogP contribution < -0.4 is 22.3 Å². The molecule has 2 aromatic heterocycles. The van der Waals surface area contributed by atoms with Crippen LogP contribution in [0, 0.1) is 0 Å². The minimum Gasteiger partial charge on any atom is -0.399 e. The molecule has 0 atom stereocenters. The van der Waals surface area contributed by atoms with Crippen LogP contribution in [0.25, 0.3) is 11.2 Å². The highest BCUT2D eigenvalue weighted by molar-refractivity contribution is 5.71. The van der Waals surface area contributed by atoms with E-state index in [-0.39, 0.29) is 11.2 Å². The number of imidazole rings is 1. The van der Waals surface area contributed by atoms with Crippen molar-refractivity contribution >= 4 is 16.9 Å². The quantitative estimate of drug-likeness (QED) is 0.354. The van der Waals surface area contributed by atoms with Crippen molar-refractivity contribution in [2.75, 3.05) is 19.3 Å². The number of anilines is 1. The molecule has 4 aromatic rings. The van der Waals surface area contributed by atoms with Crippen molar-refractivity contribution in [2.45, 2.75) is 45.8 Å².